The summed E-state index contributed by atoms with van der Waals surface area (Å²) in [5, 5.41) is 11.4. The van der Waals surface area contributed by atoms with Crippen molar-refractivity contribution in [2.75, 3.05) is 26.8 Å². The average Bonchev–Trinajstić information content (AvgIpc) is 3.12. The minimum Gasteiger partial charge on any atom is -0.409 e. The summed E-state index contributed by atoms with van der Waals surface area (Å²) in [5.41, 5.74) is 5.39. The lowest BCUT2D eigenvalue weighted by Gasteiger charge is -2.22. The predicted octanol–water partition coefficient (Wildman–Crippen LogP) is 0.398. The van der Waals surface area contributed by atoms with Crippen molar-refractivity contribution in [1.82, 2.24) is 4.90 Å². The largest absolute Gasteiger partial charge is 0.409 e. The molecule has 98 valence electrons. The molecule has 1 rings (SSSR count). The van der Waals surface area contributed by atoms with Gasteiger partial charge in [0, 0.05) is 33.0 Å². The number of carbonyl (C=O) groups is 1. The maximum absolute atomic E-state index is 11.9. The molecule has 0 heterocycles. The number of hydrogen-bond acceptors (Lipinski definition) is 4. The van der Waals surface area contributed by atoms with Crippen LogP contribution in [0.25, 0.3) is 0 Å². The predicted molar refractivity (Wildman–Crippen MR) is 63.8 cm³/mol. The molecule has 0 radical (unpaired) electrons. The molecule has 0 aromatic carbocycles. The normalized spacial score (nSPS) is 15.9. The first kappa shape index (κ1) is 13.8. The molecule has 1 fully saturated rings. The van der Waals surface area contributed by atoms with Crippen LogP contribution in [0.2, 0.25) is 0 Å². The van der Waals surface area contributed by atoms with E-state index in [-0.39, 0.29) is 11.7 Å². The van der Waals surface area contributed by atoms with E-state index in [2.05, 4.69) is 5.16 Å². The zero-order chi connectivity index (χ0) is 12.7. The Labute approximate surface area is 101 Å². The monoisotopic (exact) mass is 243 g/mol. The van der Waals surface area contributed by atoms with Gasteiger partial charge in [0.05, 0.1) is 6.61 Å². The van der Waals surface area contributed by atoms with Gasteiger partial charge < -0.3 is 20.6 Å². The lowest BCUT2D eigenvalue weighted by atomic mass is 10.2. The number of methoxy groups -OCH3 is 1. The van der Waals surface area contributed by atoms with E-state index in [1.54, 1.807) is 12.0 Å². The molecular weight excluding hydrogens is 222 g/mol. The van der Waals surface area contributed by atoms with Crippen LogP contribution in [0.4, 0.5) is 0 Å². The van der Waals surface area contributed by atoms with Crippen LogP contribution in [0.3, 0.4) is 0 Å². The zero-order valence-electron chi connectivity index (χ0n) is 10.3. The summed E-state index contributed by atoms with van der Waals surface area (Å²) < 4.78 is 4.97. The molecule has 3 N–H and O–H groups in total. The van der Waals surface area contributed by atoms with Crippen molar-refractivity contribution in [1.29, 1.82) is 0 Å². The van der Waals surface area contributed by atoms with E-state index in [1.165, 1.54) is 0 Å². The minimum atomic E-state index is 0.135. The summed E-state index contributed by atoms with van der Waals surface area (Å²) in [4.78, 5) is 13.6. The van der Waals surface area contributed by atoms with Crippen LogP contribution in [0.5, 0.6) is 0 Å². The molecule has 0 atom stereocenters. The summed E-state index contributed by atoms with van der Waals surface area (Å²) in [6.45, 7) is 1.54. The van der Waals surface area contributed by atoms with Crippen LogP contribution in [0.1, 0.15) is 25.7 Å². The molecule has 0 aromatic rings. The molecule has 0 spiro atoms. The number of oxime groups is 1. The van der Waals surface area contributed by atoms with Crippen LogP contribution in [-0.2, 0) is 9.53 Å². The number of hydrogen-bond donors (Lipinski definition) is 2. The number of amidine groups is 1. The standard InChI is InChI=1S/C11H21N3O3/c1-17-7-6-14(5-4-10(12)13-16)11(15)8-9-2-3-9/h9,16H,2-8H2,1H3,(H2,12,13). The van der Waals surface area contributed by atoms with Gasteiger partial charge in [0.1, 0.15) is 5.84 Å². The highest BCUT2D eigenvalue weighted by Crippen LogP contribution is 2.32. The number of nitrogens with two attached hydrogens (primary N) is 1. The topological polar surface area (TPSA) is 88.2 Å². The van der Waals surface area contributed by atoms with E-state index < -0.39 is 0 Å². The van der Waals surface area contributed by atoms with Crippen LogP contribution in [0, 0.1) is 5.92 Å². The minimum absolute atomic E-state index is 0.135. The molecule has 0 aliphatic heterocycles. The van der Waals surface area contributed by atoms with E-state index in [9.17, 15) is 4.79 Å². The molecule has 6 heteroatoms. The van der Waals surface area contributed by atoms with E-state index in [1.807, 2.05) is 0 Å². The van der Waals surface area contributed by atoms with Gasteiger partial charge in [0.15, 0.2) is 0 Å². The summed E-state index contributed by atoms with van der Waals surface area (Å²) in [5.74, 6) is 0.846. The van der Waals surface area contributed by atoms with Crippen molar-refractivity contribution in [3.05, 3.63) is 0 Å². The lowest BCUT2D eigenvalue weighted by molar-refractivity contribution is -0.132. The van der Waals surface area contributed by atoms with Crippen LogP contribution in [-0.4, -0.2) is 48.7 Å². The average molecular weight is 243 g/mol. The molecule has 0 aromatic heterocycles. The Hall–Kier alpha value is -1.30. The molecule has 17 heavy (non-hydrogen) atoms. The molecule has 1 amide bonds. The second-order valence-corrected chi connectivity index (χ2v) is 4.36. The van der Waals surface area contributed by atoms with Crippen molar-refractivity contribution in [3.63, 3.8) is 0 Å². The summed E-state index contributed by atoms with van der Waals surface area (Å²) >= 11 is 0. The first-order valence-corrected chi connectivity index (χ1v) is 5.90. The molecule has 1 saturated carbocycles. The number of amides is 1. The van der Waals surface area contributed by atoms with Gasteiger partial charge in [-0.1, -0.05) is 5.16 Å². The van der Waals surface area contributed by atoms with Gasteiger partial charge in [-0.05, 0) is 18.8 Å². The molecule has 6 nitrogen and oxygen atoms in total. The van der Waals surface area contributed by atoms with Gasteiger partial charge in [0.25, 0.3) is 0 Å². The Bertz CT molecular complexity index is 277. The van der Waals surface area contributed by atoms with Gasteiger partial charge >= 0.3 is 0 Å². The molecule has 0 bridgehead atoms. The van der Waals surface area contributed by atoms with Crippen molar-refractivity contribution in [2.24, 2.45) is 16.8 Å². The van der Waals surface area contributed by atoms with Crippen molar-refractivity contribution in [2.45, 2.75) is 25.7 Å². The van der Waals surface area contributed by atoms with Gasteiger partial charge in [-0.25, -0.2) is 0 Å². The quantitative estimate of drug-likeness (QED) is 0.279. The second kappa shape index (κ2) is 7.11. The first-order valence-electron chi connectivity index (χ1n) is 5.90. The van der Waals surface area contributed by atoms with Crippen molar-refractivity contribution >= 4 is 11.7 Å². The third-order valence-corrected chi connectivity index (χ3v) is 2.84. The van der Waals surface area contributed by atoms with Crippen LogP contribution >= 0.6 is 0 Å². The second-order valence-electron chi connectivity index (χ2n) is 4.36. The smallest absolute Gasteiger partial charge is 0.222 e. The number of carbonyl (C=O) groups excluding carboxylic acids is 1. The third kappa shape index (κ3) is 5.53. The van der Waals surface area contributed by atoms with E-state index in [0.717, 1.165) is 12.8 Å². The highest BCUT2D eigenvalue weighted by Gasteiger charge is 2.26. The van der Waals surface area contributed by atoms with E-state index in [0.29, 0.717) is 38.5 Å². The molecule has 1 aliphatic rings. The van der Waals surface area contributed by atoms with Gasteiger partial charge in [-0.15, -0.1) is 0 Å². The number of nitrogens with zero attached hydrogens (tertiary/aromatic N) is 2. The summed E-state index contributed by atoms with van der Waals surface area (Å²) in [7, 11) is 1.60. The van der Waals surface area contributed by atoms with Crippen molar-refractivity contribution < 1.29 is 14.7 Å². The summed E-state index contributed by atoms with van der Waals surface area (Å²) in [6, 6.07) is 0. The van der Waals surface area contributed by atoms with E-state index >= 15 is 0 Å². The zero-order valence-corrected chi connectivity index (χ0v) is 10.3. The SMILES string of the molecule is COCCN(CCC(N)=NO)C(=O)CC1CC1. The van der Waals surface area contributed by atoms with Gasteiger partial charge in [-0.2, -0.15) is 0 Å². The van der Waals surface area contributed by atoms with Gasteiger partial charge in [-0.3, -0.25) is 4.79 Å². The maximum atomic E-state index is 11.9. The molecule has 1 aliphatic carbocycles. The Morgan fingerprint density at radius 1 is 1.53 bits per heavy atom. The third-order valence-electron chi connectivity index (χ3n) is 2.84. The fourth-order valence-corrected chi connectivity index (χ4v) is 1.56. The molecule has 0 unspecified atom stereocenters. The maximum Gasteiger partial charge on any atom is 0.222 e. The van der Waals surface area contributed by atoms with Crippen LogP contribution in [0.15, 0.2) is 5.16 Å². The Morgan fingerprint density at radius 3 is 2.76 bits per heavy atom. The fourth-order valence-electron chi connectivity index (χ4n) is 1.56. The van der Waals surface area contributed by atoms with E-state index in [4.69, 9.17) is 15.7 Å². The Kier molecular flexibility index (Phi) is 5.76. The number of rotatable bonds is 8. The highest BCUT2D eigenvalue weighted by molar-refractivity contribution is 5.81. The van der Waals surface area contributed by atoms with Crippen LogP contribution < -0.4 is 5.73 Å². The number of ether oxygens (including phenoxy) is 1. The Balaban J connectivity index is 2.37. The van der Waals surface area contributed by atoms with Crippen molar-refractivity contribution in [3.8, 4) is 0 Å². The molecular formula is C11H21N3O3. The highest BCUT2D eigenvalue weighted by atomic mass is 16.5. The molecule has 0 saturated heterocycles. The summed E-state index contributed by atoms with van der Waals surface area (Å²) in [6.07, 6.45) is 3.31. The van der Waals surface area contributed by atoms with Gasteiger partial charge in [0.2, 0.25) is 5.91 Å². The lowest BCUT2D eigenvalue weighted by Crippen LogP contribution is -2.36. The Morgan fingerprint density at radius 2 is 2.24 bits per heavy atom. The fraction of sp³-hybridized carbons (Fsp3) is 0.818. The first-order chi connectivity index (χ1) is 8.17.